The second-order valence-electron chi connectivity index (χ2n) is 7.25. The molecule has 10 nitrogen and oxygen atoms in total. The number of aliphatic carboxylic acids is 2. The predicted octanol–water partition coefficient (Wildman–Crippen LogP) is -6.68. The van der Waals surface area contributed by atoms with Gasteiger partial charge in [-0.2, -0.15) is 0 Å². The first kappa shape index (κ1) is 30.3. The number of carbonyl (C=O) groups is 3. The van der Waals surface area contributed by atoms with Crippen LogP contribution in [0.1, 0.15) is 33.9 Å². The van der Waals surface area contributed by atoms with Gasteiger partial charge in [-0.15, -0.1) is 11.3 Å². The topological polar surface area (TPSA) is 158 Å². The minimum Gasteiger partial charge on any atom is -0.550 e. The number of amides is 1. The van der Waals surface area contributed by atoms with Gasteiger partial charge in [0.15, 0.2) is 0 Å². The Morgan fingerprint density at radius 1 is 1.18 bits per heavy atom. The number of thiophene rings is 1. The number of H-pyrrole nitrogens is 1. The normalized spacial score (nSPS) is 11.1. The molecule has 2 N–H and O–H groups in total. The van der Waals surface area contributed by atoms with Gasteiger partial charge in [0, 0.05) is 19.6 Å². The molecule has 34 heavy (non-hydrogen) atoms. The summed E-state index contributed by atoms with van der Waals surface area (Å²) in [7, 11) is 1.82. The molecule has 3 rings (SSSR count). The molecule has 2 heterocycles. The van der Waals surface area contributed by atoms with Crippen LogP contribution in [-0.2, 0) is 16.1 Å². The molecule has 1 atom stereocenters. The van der Waals surface area contributed by atoms with Gasteiger partial charge >= 0.3 is 59.1 Å². The number of nitrogens with zero attached hydrogens (tertiary/aromatic N) is 2. The van der Waals surface area contributed by atoms with Crippen molar-refractivity contribution in [3.8, 4) is 0 Å². The number of carbonyl (C=O) groups excluding carboxylic acids is 3. The third kappa shape index (κ3) is 7.91. The van der Waals surface area contributed by atoms with Crippen molar-refractivity contribution in [3.05, 3.63) is 57.0 Å². The summed E-state index contributed by atoms with van der Waals surface area (Å²) >= 11 is 1.15. The minimum absolute atomic E-state index is 0. The Morgan fingerprint density at radius 2 is 1.88 bits per heavy atom. The fourth-order valence-corrected chi connectivity index (χ4v) is 4.02. The molecule has 0 bridgehead atoms. The average Bonchev–Trinajstić information content (AvgIpc) is 3.21. The molecule has 0 fully saturated rings. The summed E-state index contributed by atoms with van der Waals surface area (Å²) in [6.45, 7) is 2.17. The van der Waals surface area contributed by atoms with Crippen molar-refractivity contribution in [1.29, 1.82) is 0 Å². The second kappa shape index (κ2) is 13.4. The molecule has 0 radical (unpaired) electrons. The molecule has 3 aromatic rings. The zero-order chi connectivity index (χ0) is 23.4. The van der Waals surface area contributed by atoms with Gasteiger partial charge in [-0.1, -0.05) is 6.07 Å². The van der Waals surface area contributed by atoms with E-state index in [-0.39, 0.29) is 76.0 Å². The number of benzene rings is 1. The summed E-state index contributed by atoms with van der Waals surface area (Å²) in [4.78, 5) is 55.4. The maximum atomic E-state index is 12.4. The molecule has 0 unspecified atom stereocenters. The molecule has 168 valence electrons. The van der Waals surface area contributed by atoms with Crippen LogP contribution in [0.25, 0.3) is 10.9 Å². The first-order valence-electron chi connectivity index (χ1n) is 9.66. The van der Waals surface area contributed by atoms with Crippen molar-refractivity contribution >= 4 is 45.1 Å². The van der Waals surface area contributed by atoms with Crippen LogP contribution in [0.3, 0.4) is 0 Å². The summed E-state index contributed by atoms with van der Waals surface area (Å²) < 4.78 is 0. The van der Waals surface area contributed by atoms with Gasteiger partial charge in [-0.05, 0) is 49.6 Å². The molecular formula is C21H20N4Na2O6S. The van der Waals surface area contributed by atoms with Crippen LogP contribution in [0.2, 0.25) is 0 Å². The van der Waals surface area contributed by atoms with Crippen molar-refractivity contribution in [2.45, 2.75) is 32.4 Å². The molecule has 13 heteroatoms. The van der Waals surface area contributed by atoms with Gasteiger partial charge in [0.2, 0.25) is 0 Å². The van der Waals surface area contributed by atoms with E-state index >= 15 is 0 Å². The molecule has 0 saturated carbocycles. The van der Waals surface area contributed by atoms with Crippen LogP contribution >= 0.6 is 11.3 Å². The predicted molar refractivity (Wildman–Crippen MR) is 114 cm³/mol. The van der Waals surface area contributed by atoms with Gasteiger partial charge in [-0.25, -0.2) is 4.98 Å². The van der Waals surface area contributed by atoms with Crippen molar-refractivity contribution in [2.75, 3.05) is 11.9 Å². The number of aromatic nitrogens is 2. The van der Waals surface area contributed by atoms with Crippen LogP contribution in [0, 0.1) is 6.92 Å². The van der Waals surface area contributed by atoms with Crippen LogP contribution < -0.4 is 85.1 Å². The Bertz CT molecular complexity index is 1250. The van der Waals surface area contributed by atoms with Crippen molar-refractivity contribution in [1.82, 2.24) is 15.3 Å². The van der Waals surface area contributed by atoms with E-state index < -0.39 is 30.3 Å². The molecule has 0 aliphatic heterocycles. The Morgan fingerprint density at radius 3 is 2.53 bits per heavy atom. The molecule has 1 amide bonds. The standard InChI is InChI=1S/C21H22N4O6S.2Na/c1-11-22-14-4-3-12(9-13(14)19(28)23-11)10-25(2)17-7-6-16(32-17)20(29)24-15(21(30)31)5-8-18(26)27;;/h3-4,6-7,9,15H,5,8,10H2,1-2H3,(H,24,29)(H,26,27)(H,30,31)(H,22,23,28);;/q;2*+1/p-2/t15-;;/m0../s1. The fourth-order valence-electron chi connectivity index (χ4n) is 3.15. The molecular weight excluding hydrogens is 482 g/mol. The SMILES string of the molecule is Cc1nc2ccc(CN(C)c3ccc(C(=O)N[C@@H](CCC(=O)[O-])C(=O)[O-])s3)cc2c(=O)[nH]1.[Na+].[Na+]. The summed E-state index contributed by atoms with van der Waals surface area (Å²) in [5.74, 6) is -3.07. The molecule has 0 saturated heterocycles. The molecule has 0 aliphatic carbocycles. The number of aryl methyl sites for hydroxylation is 1. The zero-order valence-electron chi connectivity index (χ0n) is 19.3. The molecule has 0 aliphatic rings. The van der Waals surface area contributed by atoms with Gasteiger partial charge in [-0.3, -0.25) is 9.59 Å². The van der Waals surface area contributed by atoms with E-state index in [0.29, 0.717) is 23.3 Å². The minimum atomic E-state index is -1.57. The van der Waals surface area contributed by atoms with Gasteiger partial charge < -0.3 is 35.0 Å². The van der Waals surface area contributed by atoms with Gasteiger partial charge in [0.1, 0.15) is 5.82 Å². The number of fused-ring (bicyclic) bond motifs is 1. The summed E-state index contributed by atoms with van der Waals surface area (Å²) in [5, 5.41) is 25.2. The van der Waals surface area contributed by atoms with E-state index in [4.69, 9.17) is 0 Å². The molecule has 2 aromatic heterocycles. The van der Waals surface area contributed by atoms with E-state index in [1.165, 1.54) is 0 Å². The van der Waals surface area contributed by atoms with E-state index in [2.05, 4.69) is 15.3 Å². The summed E-state index contributed by atoms with van der Waals surface area (Å²) in [6.07, 6.45) is -0.842. The number of nitrogens with one attached hydrogen (secondary N) is 2. The number of anilines is 1. The number of hydrogen-bond donors (Lipinski definition) is 2. The maximum absolute atomic E-state index is 12.4. The smallest absolute Gasteiger partial charge is 0.550 e. The maximum Gasteiger partial charge on any atom is 1.00 e. The van der Waals surface area contributed by atoms with E-state index in [9.17, 15) is 29.4 Å². The monoisotopic (exact) mass is 502 g/mol. The van der Waals surface area contributed by atoms with Crippen LogP contribution in [-0.4, -0.2) is 40.9 Å². The molecule has 1 aromatic carbocycles. The van der Waals surface area contributed by atoms with E-state index in [1.54, 1.807) is 31.2 Å². The van der Waals surface area contributed by atoms with Gasteiger partial charge in [0.05, 0.1) is 32.8 Å². The number of carboxylic acids is 2. The average molecular weight is 502 g/mol. The van der Waals surface area contributed by atoms with Crippen molar-refractivity contribution < 1.29 is 83.7 Å². The number of hydrogen-bond acceptors (Lipinski definition) is 9. The Labute approximate surface area is 243 Å². The Kier molecular flexibility index (Phi) is 11.9. The first-order chi connectivity index (χ1) is 15.1. The van der Waals surface area contributed by atoms with Crippen LogP contribution in [0.4, 0.5) is 5.00 Å². The van der Waals surface area contributed by atoms with E-state index in [1.807, 2.05) is 18.0 Å². The number of rotatable bonds is 9. The van der Waals surface area contributed by atoms with E-state index in [0.717, 1.165) is 21.9 Å². The van der Waals surface area contributed by atoms with Crippen molar-refractivity contribution in [2.24, 2.45) is 0 Å². The second-order valence-corrected chi connectivity index (χ2v) is 8.31. The fraction of sp³-hybridized carbons (Fsp3) is 0.286. The van der Waals surface area contributed by atoms with Crippen LogP contribution in [0.5, 0.6) is 0 Å². The zero-order valence-corrected chi connectivity index (χ0v) is 24.2. The third-order valence-corrected chi connectivity index (χ3v) is 5.93. The Balaban J connectivity index is 0.00000289. The third-order valence-electron chi connectivity index (χ3n) is 4.73. The first-order valence-corrected chi connectivity index (χ1v) is 10.5. The van der Waals surface area contributed by atoms with Crippen molar-refractivity contribution in [3.63, 3.8) is 0 Å². The van der Waals surface area contributed by atoms with Crippen LogP contribution in [0.15, 0.2) is 35.1 Å². The largest absolute Gasteiger partial charge is 1.00 e. The Hall–Kier alpha value is -1.73. The van der Waals surface area contributed by atoms with Gasteiger partial charge in [0.25, 0.3) is 11.5 Å². The number of carboxylic acid groups (broad SMARTS) is 2. The summed E-state index contributed by atoms with van der Waals surface area (Å²) in [6, 6.07) is 7.24. The molecule has 0 spiro atoms. The quantitative estimate of drug-likeness (QED) is 0.273. The summed E-state index contributed by atoms with van der Waals surface area (Å²) in [5.41, 5.74) is 1.26. The number of aromatic amines is 1.